The van der Waals surface area contributed by atoms with Crippen molar-refractivity contribution >= 4 is 29.2 Å². The van der Waals surface area contributed by atoms with Crippen LogP contribution in [0.2, 0.25) is 0 Å². The number of carbonyl (C=O) groups excluding carboxylic acids is 3. The topological polar surface area (TPSA) is 141 Å². The molecule has 3 amide bonds. The van der Waals surface area contributed by atoms with Crippen molar-refractivity contribution in [3.8, 4) is 10.4 Å². The highest BCUT2D eigenvalue weighted by Crippen LogP contribution is 2.29. The van der Waals surface area contributed by atoms with Crippen LogP contribution in [0.4, 0.5) is 4.79 Å². The van der Waals surface area contributed by atoms with Gasteiger partial charge >= 0.3 is 6.09 Å². The molecule has 39 heavy (non-hydrogen) atoms. The zero-order chi connectivity index (χ0) is 29.1. The second kappa shape index (κ2) is 12.0. The molecule has 4 N–H and O–H groups in total. The minimum atomic E-state index is -0.996. The van der Waals surface area contributed by atoms with Gasteiger partial charge in [0, 0.05) is 13.0 Å². The molecule has 0 bridgehead atoms. The van der Waals surface area contributed by atoms with E-state index in [2.05, 4.69) is 15.6 Å². The monoisotopic (exact) mass is 560 g/mol. The Morgan fingerprint density at radius 3 is 2.28 bits per heavy atom. The molecule has 0 aliphatic carbocycles. The van der Waals surface area contributed by atoms with Crippen molar-refractivity contribution in [2.75, 3.05) is 13.2 Å². The van der Waals surface area contributed by atoms with Crippen molar-refractivity contribution in [3.63, 3.8) is 0 Å². The van der Waals surface area contributed by atoms with E-state index in [0.717, 1.165) is 16.1 Å². The van der Waals surface area contributed by atoms with E-state index in [-0.39, 0.29) is 19.6 Å². The third-order valence-electron chi connectivity index (χ3n) is 6.46. The number of benzene rings is 1. The van der Waals surface area contributed by atoms with Gasteiger partial charge in [-0.25, -0.2) is 9.78 Å². The largest absolute Gasteiger partial charge is 0.444 e. The van der Waals surface area contributed by atoms with Gasteiger partial charge in [0.2, 0.25) is 11.8 Å². The van der Waals surface area contributed by atoms with Crippen molar-refractivity contribution < 1.29 is 29.3 Å². The van der Waals surface area contributed by atoms with Crippen molar-refractivity contribution in [1.82, 2.24) is 20.5 Å². The molecule has 1 aliphatic heterocycles. The van der Waals surface area contributed by atoms with Gasteiger partial charge in [-0.15, -0.1) is 11.3 Å². The predicted molar refractivity (Wildman–Crippen MR) is 149 cm³/mol. The van der Waals surface area contributed by atoms with Crippen LogP contribution in [-0.2, 0) is 14.3 Å². The molecule has 2 aromatic rings. The number of aliphatic hydroxyl groups excluding tert-OH is 2. The van der Waals surface area contributed by atoms with Crippen LogP contribution in [0.25, 0.3) is 10.4 Å². The number of carbonyl (C=O) groups is 3. The molecule has 1 aromatic carbocycles. The quantitative estimate of drug-likeness (QED) is 0.408. The summed E-state index contributed by atoms with van der Waals surface area (Å²) >= 11 is 1.54. The lowest BCUT2D eigenvalue weighted by Crippen LogP contribution is -2.58. The Labute approximate surface area is 233 Å². The Morgan fingerprint density at radius 1 is 1.13 bits per heavy atom. The van der Waals surface area contributed by atoms with Gasteiger partial charge in [0.05, 0.1) is 34.8 Å². The van der Waals surface area contributed by atoms with Crippen molar-refractivity contribution in [1.29, 1.82) is 0 Å². The normalized spacial score (nSPS) is 19.4. The van der Waals surface area contributed by atoms with Gasteiger partial charge in [-0.1, -0.05) is 45.0 Å². The summed E-state index contributed by atoms with van der Waals surface area (Å²) in [4.78, 5) is 46.2. The molecule has 11 heteroatoms. The second-order valence-corrected chi connectivity index (χ2v) is 12.8. The highest BCUT2D eigenvalue weighted by Gasteiger charge is 2.45. The van der Waals surface area contributed by atoms with E-state index in [1.165, 1.54) is 16.2 Å². The molecule has 0 unspecified atom stereocenters. The standard InChI is InChI=1S/C28H40N4O6S/c1-16-22(39-15-29-16)18-10-8-17(9-11-18)20(14-33)30-24(35)21-12-19(34)13-32(21)25(36)23(27(2,3)4)31-26(37)38-28(5,6)7/h8-11,15,19-21,23,33-34H,12-14H2,1-7H3,(H,30,35)(H,31,37)/t19-,20+,21+,23-/m1/s1. The first kappa shape index (κ1) is 30.5. The maximum atomic E-state index is 13.7. The zero-order valence-electron chi connectivity index (χ0n) is 23.6. The molecule has 3 rings (SSSR count). The molecule has 1 aromatic heterocycles. The van der Waals surface area contributed by atoms with Gasteiger partial charge < -0.3 is 30.5 Å². The number of nitrogens with zero attached hydrogens (tertiary/aromatic N) is 2. The summed E-state index contributed by atoms with van der Waals surface area (Å²) in [6.45, 7) is 12.1. The third-order valence-corrected chi connectivity index (χ3v) is 7.44. The van der Waals surface area contributed by atoms with Crippen LogP contribution in [0, 0.1) is 12.3 Å². The minimum absolute atomic E-state index is 0.0443. The molecule has 1 fully saturated rings. The number of hydrogen-bond donors (Lipinski definition) is 4. The fraction of sp³-hybridized carbons (Fsp3) is 0.571. The number of ether oxygens (including phenoxy) is 1. The number of likely N-dealkylation sites (tertiary alicyclic amines) is 1. The number of β-amino-alcohol motifs (C(OH)–C–C–N with tert-alkyl or cyclic N) is 1. The number of amides is 3. The summed E-state index contributed by atoms with van der Waals surface area (Å²) in [5.74, 6) is -0.985. The average molecular weight is 561 g/mol. The lowest BCUT2D eigenvalue weighted by Gasteiger charge is -2.36. The number of aromatic nitrogens is 1. The lowest BCUT2D eigenvalue weighted by molar-refractivity contribution is -0.142. The van der Waals surface area contributed by atoms with Crippen LogP contribution >= 0.6 is 11.3 Å². The van der Waals surface area contributed by atoms with E-state index < -0.39 is 53.2 Å². The minimum Gasteiger partial charge on any atom is -0.444 e. The molecular formula is C28H40N4O6S. The molecule has 214 valence electrons. The molecular weight excluding hydrogens is 520 g/mol. The Hall–Kier alpha value is -3.02. The SMILES string of the molecule is Cc1ncsc1-c1ccc([C@H](CO)NC(=O)[C@@H]2C[C@@H](O)CN2C(=O)[C@@H](NC(=O)OC(C)(C)C)C(C)(C)C)cc1. The third kappa shape index (κ3) is 7.77. The highest BCUT2D eigenvalue weighted by atomic mass is 32.1. The second-order valence-electron chi connectivity index (χ2n) is 12.0. The Morgan fingerprint density at radius 2 is 1.77 bits per heavy atom. The molecule has 0 radical (unpaired) electrons. The number of aliphatic hydroxyl groups is 2. The molecule has 10 nitrogen and oxygen atoms in total. The van der Waals surface area contributed by atoms with E-state index in [1.54, 1.807) is 47.1 Å². The van der Waals surface area contributed by atoms with Crippen LogP contribution < -0.4 is 10.6 Å². The summed E-state index contributed by atoms with van der Waals surface area (Å²) in [5.41, 5.74) is 2.95. The molecule has 1 saturated heterocycles. The fourth-order valence-electron chi connectivity index (χ4n) is 4.49. The van der Waals surface area contributed by atoms with E-state index >= 15 is 0 Å². The molecule has 0 saturated carbocycles. The van der Waals surface area contributed by atoms with Gasteiger partial charge in [-0.05, 0) is 44.2 Å². The van der Waals surface area contributed by atoms with E-state index in [9.17, 15) is 24.6 Å². The highest BCUT2D eigenvalue weighted by molar-refractivity contribution is 7.13. The smallest absolute Gasteiger partial charge is 0.408 e. The van der Waals surface area contributed by atoms with Gasteiger partial charge in [0.25, 0.3) is 0 Å². The van der Waals surface area contributed by atoms with Crippen LogP contribution in [0.1, 0.15) is 65.3 Å². The summed E-state index contributed by atoms with van der Waals surface area (Å²) in [6.07, 6.45) is -1.60. The summed E-state index contributed by atoms with van der Waals surface area (Å²) < 4.78 is 5.35. The Kier molecular flexibility index (Phi) is 9.40. The number of alkyl carbamates (subject to hydrolysis) is 1. The number of nitrogens with one attached hydrogen (secondary N) is 2. The van der Waals surface area contributed by atoms with Gasteiger partial charge in [0.15, 0.2) is 0 Å². The molecule has 0 spiro atoms. The maximum Gasteiger partial charge on any atom is 0.408 e. The van der Waals surface area contributed by atoms with Crippen molar-refractivity contribution in [2.24, 2.45) is 5.41 Å². The summed E-state index contributed by atoms with van der Waals surface area (Å²) in [5, 5.41) is 26.0. The van der Waals surface area contributed by atoms with Crippen molar-refractivity contribution in [2.45, 2.75) is 84.7 Å². The lowest BCUT2D eigenvalue weighted by atomic mass is 9.85. The van der Waals surface area contributed by atoms with E-state index in [0.29, 0.717) is 5.56 Å². The Bertz CT molecular complexity index is 1170. The van der Waals surface area contributed by atoms with Crippen LogP contribution in [0.15, 0.2) is 29.8 Å². The number of aryl methyl sites for hydroxylation is 1. The molecule has 4 atom stereocenters. The van der Waals surface area contributed by atoms with Crippen LogP contribution in [0.5, 0.6) is 0 Å². The Balaban J connectivity index is 1.76. The van der Waals surface area contributed by atoms with Crippen molar-refractivity contribution in [3.05, 3.63) is 41.0 Å². The first-order chi connectivity index (χ1) is 18.1. The zero-order valence-corrected chi connectivity index (χ0v) is 24.5. The fourth-order valence-corrected chi connectivity index (χ4v) is 5.31. The maximum absolute atomic E-state index is 13.7. The molecule has 2 heterocycles. The van der Waals surface area contributed by atoms with Gasteiger partial charge in [-0.3, -0.25) is 9.59 Å². The van der Waals surface area contributed by atoms with E-state index in [4.69, 9.17) is 4.74 Å². The first-order valence-electron chi connectivity index (χ1n) is 13.0. The number of hydrogen-bond acceptors (Lipinski definition) is 8. The summed E-state index contributed by atoms with van der Waals surface area (Å²) in [7, 11) is 0. The van der Waals surface area contributed by atoms with Crippen LogP contribution in [-0.4, -0.2) is 74.9 Å². The van der Waals surface area contributed by atoms with Gasteiger partial charge in [0.1, 0.15) is 17.7 Å². The van der Waals surface area contributed by atoms with Crippen LogP contribution in [0.3, 0.4) is 0 Å². The first-order valence-corrected chi connectivity index (χ1v) is 13.9. The van der Waals surface area contributed by atoms with Gasteiger partial charge in [-0.2, -0.15) is 0 Å². The van der Waals surface area contributed by atoms with E-state index in [1.807, 2.05) is 31.2 Å². The summed E-state index contributed by atoms with van der Waals surface area (Å²) in [6, 6.07) is 4.83. The number of thiazole rings is 1. The predicted octanol–water partition coefficient (Wildman–Crippen LogP) is 3.17. The number of rotatable bonds is 7. The average Bonchev–Trinajstić information content (AvgIpc) is 3.44. The molecule has 1 aliphatic rings.